The molecule has 1 aliphatic carbocycles. The zero-order chi connectivity index (χ0) is 14.7. The molecule has 0 heterocycles. The second-order valence-corrected chi connectivity index (χ2v) is 5.44. The van der Waals surface area contributed by atoms with Gasteiger partial charge in [-0.15, -0.1) is 0 Å². The molecule has 0 bridgehead atoms. The summed E-state index contributed by atoms with van der Waals surface area (Å²) < 4.78 is 5.03. The van der Waals surface area contributed by atoms with Gasteiger partial charge in [-0.25, -0.2) is 0 Å². The lowest BCUT2D eigenvalue weighted by atomic mass is 9.97. The van der Waals surface area contributed by atoms with Crippen LogP contribution in [0.4, 0.5) is 0 Å². The van der Waals surface area contributed by atoms with Crippen LogP contribution < -0.4 is 0 Å². The highest BCUT2D eigenvalue weighted by atomic mass is 16.5. The van der Waals surface area contributed by atoms with Gasteiger partial charge in [-0.2, -0.15) is 0 Å². The van der Waals surface area contributed by atoms with Gasteiger partial charge in [0.2, 0.25) is 0 Å². The third-order valence-corrected chi connectivity index (χ3v) is 4.14. The van der Waals surface area contributed by atoms with Crippen LogP contribution in [0, 0.1) is 5.41 Å². The summed E-state index contributed by atoms with van der Waals surface area (Å²) in [5.41, 5.74) is 1.78. The third-order valence-electron chi connectivity index (χ3n) is 4.14. The summed E-state index contributed by atoms with van der Waals surface area (Å²) in [6.45, 7) is 0. The fraction of sp³-hybridized carbons (Fsp3) is 0.211. The van der Waals surface area contributed by atoms with Gasteiger partial charge in [-0.05, 0) is 17.5 Å². The second-order valence-electron chi connectivity index (χ2n) is 5.44. The van der Waals surface area contributed by atoms with E-state index in [9.17, 15) is 4.79 Å². The Morgan fingerprint density at radius 1 is 1.10 bits per heavy atom. The number of carbonyl (C=O) groups is 1. The number of hydrogen-bond acceptors (Lipinski definition) is 2. The first kappa shape index (κ1) is 13.6. The predicted molar refractivity (Wildman–Crippen MR) is 83.7 cm³/mol. The van der Waals surface area contributed by atoms with Crippen LogP contribution in [0.1, 0.15) is 23.5 Å². The Balaban J connectivity index is 1.87. The van der Waals surface area contributed by atoms with Crippen molar-refractivity contribution in [2.24, 2.45) is 5.41 Å². The number of esters is 1. The van der Waals surface area contributed by atoms with Gasteiger partial charge in [0.05, 0.1) is 12.5 Å². The smallest absolute Gasteiger partial charge is 0.316 e. The first-order valence-electron chi connectivity index (χ1n) is 7.14. The molecule has 0 aliphatic heterocycles. The molecule has 2 nitrogen and oxygen atoms in total. The number of rotatable bonds is 4. The third kappa shape index (κ3) is 2.62. The molecule has 2 aromatic rings. The molecule has 1 unspecified atom stereocenters. The maximum Gasteiger partial charge on any atom is 0.316 e. The van der Waals surface area contributed by atoms with Gasteiger partial charge < -0.3 is 4.74 Å². The van der Waals surface area contributed by atoms with Gasteiger partial charge in [-0.3, -0.25) is 4.79 Å². The highest BCUT2D eigenvalue weighted by Crippen LogP contribution is 2.61. The van der Waals surface area contributed by atoms with Crippen LogP contribution in [0.25, 0.3) is 6.08 Å². The largest absolute Gasteiger partial charge is 0.468 e. The maximum atomic E-state index is 12.2. The van der Waals surface area contributed by atoms with Crippen molar-refractivity contribution in [1.82, 2.24) is 0 Å². The number of carbonyl (C=O) groups excluding carboxylic acids is 1. The van der Waals surface area contributed by atoms with Crippen molar-refractivity contribution in [1.29, 1.82) is 0 Å². The minimum atomic E-state index is -0.508. The zero-order valence-corrected chi connectivity index (χ0v) is 12.0. The van der Waals surface area contributed by atoms with Crippen molar-refractivity contribution in [2.45, 2.75) is 12.3 Å². The average Bonchev–Trinajstić information content (AvgIpc) is 3.30. The van der Waals surface area contributed by atoms with E-state index in [2.05, 4.69) is 12.1 Å². The monoisotopic (exact) mass is 278 g/mol. The molecule has 106 valence electrons. The molecule has 2 atom stereocenters. The topological polar surface area (TPSA) is 26.3 Å². The van der Waals surface area contributed by atoms with E-state index in [4.69, 9.17) is 4.74 Å². The molecule has 21 heavy (non-hydrogen) atoms. The van der Waals surface area contributed by atoms with E-state index in [0.29, 0.717) is 0 Å². The van der Waals surface area contributed by atoms with Crippen LogP contribution in [0.2, 0.25) is 0 Å². The van der Waals surface area contributed by atoms with E-state index in [-0.39, 0.29) is 11.9 Å². The standard InChI is InChI=1S/C19H18O2/c1-21-18(20)19(13-12-15-8-4-2-5-9-15)14-17(19)16-10-6-3-7-11-16/h2-13,17H,14H2,1H3/b13-12+/t17-,19?/m1/s1. The molecular formula is C19H18O2. The summed E-state index contributed by atoms with van der Waals surface area (Å²) in [5.74, 6) is 0.0645. The lowest BCUT2D eigenvalue weighted by molar-refractivity contribution is -0.145. The Bertz CT molecular complexity index is 646. The average molecular weight is 278 g/mol. The molecule has 0 amide bonds. The van der Waals surface area contributed by atoms with Crippen molar-refractivity contribution in [3.63, 3.8) is 0 Å². The van der Waals surface area contributed by atoms with E-state index in [1.165, 1.54) is 12.7 Å². The Kier molecular flexibility index (Phi) is 3.61. The highest BCUT2D eigenvalue weighted by Gasteiger charge is 2.59. The van der Waals surface area contributed by atoms with Crippen LogP contribution in [0.3, 0.4) is 0 Å². The van der Waals surface area contributed by atoms with Gasteiger partial charge in [0.15, 0.2) is 0 Å². The minimum absolute atomic E-state index is 0.150. The molecule has 2 heteroatoms. The second kappa shape index (κ2) is 5.57. The Morgan fingerprint density at radius 2 is 1.71 bits per heavy atom. The maximum absolute atomic E-state index is 12.2. The quantitative estimate of drug-likeness (QED) is 0.789. The van der Waals surface area contributed by atoms with Crippen molar-refractivity contribution in [2.75, 3.05) is 7.11 Å². The summed E-state index contributed by atoms with van der Waals surface area (Å²) >= 11 is 0. The van der Waals surface area contributed by atoms with E-state index >= 15 is 0 Å². The number of benzene rings is 2. The summed E-state index contributed by atoms with van der Waals surface area (Å²) in [5, 5.41) is 0. The number of methoxy groups -OCH3 is 1. The molecule has 3 rings (SSSR count). The van der Waals surface area contributed by atoms with Crippen LogP contribution in [-0.4, -0.2) is 13.1 Å². The SMILES string of the molecule is COC(=O)C1(/C=C/c2ccccc2)C[C@@H]1c1ccccc1. The lowest BCUT2D eigenvalue weighted by Crippen LogP contribution is -2.17. The molecule has 0 radical (unpaired) electrons. The fourth-order valence-corrected chi connectivity index (χ4v) is 2.86. The Labute approximate surface area is 125 Å². The van der Waals surface area contributed by atoms with Crippen LogP contribution in [0.15, 0.2) is 66.7 Å². The first-order valence-corrected chi connectivity index (χ1v) is 7.14. The molecule has 0 saturated heterocycles. The number of ether oxygens (including phenoxy) is 1. The summed E-state index contributed by atoms with van der Waals surface area (Å²) in [6.07, 6.45) is 4.83. The molecular weight excluding hydrogens is 260 g/mol. The van der Waals surface area contributed by atoms with Crippen molar-refractivity contribution >= 4 is 12.0 Å². The lowest BCUT2D eigenvalue weighted by Gasteiger charge is -2.10. The van der Waals surface area contributed by atoms with Crippen molar-refractivity contribution < 1.29 is 9.53 Å². The summed E-state index contributed by atoms with van der Waals surface area (Å²) in [4.78, 5) is 12.2. The molecule has 1 fully saturated rings. The molecule has 2 aromatic carbocycles. The molecule has 0 N–H and O–H groups in total. The molecule has 0 aromatic heterocycles. The minimum Gasteiger partial charge on any atom is -0.468 e. The summed E-state index contributed by atoms with van der Waals surface area (Å²) in [6, 6.07) is 20.2. The first-order chi connectivity index (χ1) is 10.3. The van der Waals surface area contributed by atoms with E-state index < -0.39 is 5.41 Å². The Hall–Kier alpha value is -2.35. The van der Waals surface area contributed by atoms with Gasteiger partial charge in [0.1, 0.15) is 0 Å². The van der Waals surface area contributed by atoms with Crippen LogP contribution in [0.5, 0.6) is 0 Å². The molecule has 1 saturated carbocycles. The van der Waals surface area contributed by atoms with E-state index in [1.807, 2.05) is 60.7 Å². The van der Waals surface area contributed by atoms with Crippen molar-refractivity contribution in [3.05, 3.63) is 77.9 Å². The van der Waals surface area contributed by atoms with Crippen molar-refractivity contribution in [3.8, 4) is 0 Å². The van der Waals surface area contributed by atoms with Gasteiger partial charge in [0.25, 0.3) is 0 Å². The van der Waals surface area contributed by atoms with Gasteiger partial charge in [-0.1, -0.05) is 72.8 Å². The molecule has 1 aliphatic rings. The predicted octanol–water partition coefficient (Wildman–Crippen LogP) is 4.05. The molecule has 0 spiro atoms. The highest BCUT2D eigenvalue weighted by molar-refractivity contribution is 5.86. The Morgan fingerprint density at radius 3 is 2.33 bits per heavy atom. The van der Waals surface area contributed by atoms with Crippen LogP contribution >= 0.6 is 0 Å². The van der Waals surface area contributed by atoms with E-state index in [0.717, 1.165) is 12.0 Å². The van der Waals surface area contributed by atoms with Gasteiger partial charge in [0, 0.05) is 5.92 Å². The summed E-state index contributed by atoms with van der Waals surface area (Å²) in [7, 11) is 1.46. The zero-order valence-electron chi connectivity index (χ0n) is 12.0. The van der Waals surface area contributed by atoms with Gasteiger partial charge >= 0.3 is 5.97 Å². The van der Waals surface area contributed by atoms with Crippen LogP contribution in [-0.2, 0) is 9.53 Å². The van der Waals surface area contributed by atoms with E-state index in [1.54, 1.807) is 0 Å². The number of hydrogen-bond donors (Lipinski definition) is 0. The normalized spacial score (nSPS) is 24.0. The fourth-order valence-electron chi connectivity index (χ4n) is 2.86.